The standard InChI is InChI=1S/C19H20N4O2/c1-22(2)16(14-8-4-3-5-9-14)13-21-18(24)15-12-20-17-10-6-7-11-23(17)19(15)25/h3-12,16H,13H2,1-2H3,(H,21,24)/t16-/m1/s1. The van der Waals surface area contributed by atoms with Crippen molar-refractivity contribution in [2.75, 3.05) is 20.6 Å². The second-order valence-corrected chi connectivity index (χ2v) is 6.01. The van der Waals surface area contributed by atoms with Crippen molar-refractivity contribution in [3.63, 3.8) is 0 Å². The van der Waals surface area contributed by atoms with Gasteiger partial charge in [-0.2, -0.15) is 0 Å². The number of pyridine rings is 1. The molecule has 1 aromatic carbocycles. The van der Waals surface area contributed by atoms with Gasteiger partial charge < -0.3 is 10.2 Å². The number of hydrogen-bond acceptors (Lipinski definition) is 4. The monoisotopic (exact) mass is 336 g/mol. The summed E-state index contributed by atoms with van der Waals surface area (Å²) in [6.45, 7) is 0.396. The molecule has 0 radical (unpaired) electrons. The normalized spacial score (nSPS) is 12.3. The van der Waals surface area contributed by atoms with Gasteiger partial charge in [0.2, 0.25) is 0 Å². The van der Waals surface area contributed by atoms with Crippen LogP contribution in [-0.4, -0.2) is 40.8 Å². The molecule has 1 N–H and O–H groups in total. The van der Waals surface area contributed by atoms with E-state index in [0.29, 0.717) is 12.2 Å². The Hall–Kier alpha value is -2.99. The number of carbonyl (C=O) groups excluding carboxylic acids is 1. The zero-order chi connectivity index (χ0) is 17.8. The molecule has 1 atom stereocenters. The van der Waals surface area contributed by atoms with E-state index in [1.165, 1.54) is 10.6 Å². The lowest BCUT2D eigenvalue weighted by atomic mass is 10.1. The Kier molecular flexibility index (Phi) is 4.90. The van der Waals surface area contributed by atoms with Crippen LogP contribution in [-0.2, 0) is 0 Å². The quantitative estimate of drug-likeness (QED) is 0.770. The van der Waals surface area contributed by atoms with Crippen molar-refractivity contribution < 1.29 is 4.79 Å². The number of fused-ring (bicyclic) bond motifs is 1. The van der Waals surface area contributed by atoms with Crippen molar-refractivity contribution in [3.8, 4) is 0 Å². The summed E-state index contributed by atoms with van der Waals surface area (Å²) >= 11 is 0. The van der Waals surface area contributed by atoms with Crippen molar-refractivity contribution in [3.05, 3.63) is 82.4 Å². The molecule has 6 heteroatoms. The van der Waals surface area contributed by atoms with Crippen LogP contribution in [0.3, 0.4) is 0 Å². The molecule has 2 aromatic heterocycles. The minimum Gasteiger partial charge on any atom is -0.350 e. The molecule has 128 valence electrons. The number of carbonyl (C=O) groups is 1. The zero-order valence-corrected chi connectivity index (χ0v) is 14.2. The maximum atomic E-state index is 12.5. The van der Waals surface area contributed by atoms with Crippen LogP contribution in [0.25, 0.3) is 5.65 Å². The van der Waals surface area contributed by atoms with Crippen molar-refractivity contribution >= 4 is 11.6 Å². The Bertz CT molecular complexity index is 935. The van der Waals surface area contributed by atoms with Crippen LogP contribution < -0.4 is 10.9 Å². The molecule has 0 saturated carbocycles. The van der Waals surface area contributed by atoms with Crippen LogP contribution in [0, 0.1) is 0 Å². The van der Waals surface area contributed by atoms with E-state index < -0.39 is 5.91 Å². The van der Waals surface area contributed by atoms with Gasteiger partial charge in [0.1, 0.15) is 11.2 Å². The van der Waals surface area contributed by atoms with Crippen molar-refractivity contribution in [1.29, 1.82) is 0 Å². The van der Waals surface area contributed by atoms with Crippen molar-refractivity contribution in [1.82, 2.24) is 19.6 Å². The Morgan fingerprint density at radius 2 is 1.88 bits per heavy atom. The fourth-order valence-corrected chi connectivity index (χ4v) is 2.74. The molecule has 0 aliphatic heterocycles. The number of rotatable bonds is 5. The number of hydrogen-bond donors (Lipinski definition) is 1. The molecular weight excluding hydrogens is 316 g/mol. The van der Waals surface area contributed by atoms with Gasteiger partial charge in [-0.1, -0.05) is 36.4 Å². The minimum absolute atomic E-state index is 0.0151. The number of likely N-dealkylation sites (N-methyl/N-ethyl adjacent to an activating group) is 1. The molecule has 0 spiro atoms. The minimum atomic E-state index is -0.418. The Morgan fingerprint density at radius 3 is 2.60 bits per heavy atom. The number of benzene rings is 1. The lowest BCUT2D eigenvalue weighted by Crippen LogP contribution is -2.37. The van der Waals surface area contributed by atoms with E-state index in [4.69, 9.17) is 0 Å². The largest absolute Gasteiger partial charge is 0.350 e. The Labute approximate surface area is 145 Å². The summed E-state index contributed by atoms with van der Waals surface area (Å²) in [4.78, 5) is 31.2. The average molecular weight is 336 g/mol. The van der Waals surface area contributed by atoms with Gasteiger partial charge in [0.05, 0.1) is 6.04 Å². The molecular formula is C19H20N4O2. The zero-order valence-electron chi connectivity index (χ0n) is 14.2. The van der Waals surface area contributed by atoms with Crippen LogP contribution in [0.1, 0.15) is 22.0 Å². The van der Waals surface area contributed by atoms with Gasteiger partial charge >= 0.3 is 0 Å². The van der Waals surface area contributed by atoms with Crippen LogP contribution in [0.5, 0.6) is 0 Å². The third-order valence-electron chi connectivity index (χ3n) is 4.12. The fraction of sp³-hybridized carbons (Fsp3) is 0.211. The van der Waals surface area contributed by atoms with Gasteiger partial charge in [0, 0.05) is 18.9 Å². The van der Waals surface area contributed by atoms with Crippen molar-refractivity contribution in [2.45, 2.75) is 6.04 Å². The smallest absolute Gasteiger partial charge is 0.270 e. The number of nitrogens with one attached hydrogen (secondary N) is 1. The maximum absolute atomic E-state index is 12.5. The van der Waals surface area contributed by atoms with Gasteiger partial charge in [0.15, 0.2) is 0 Å². The van der Waals surface area contributed by atoms with Gasteiger partial charge in [-0.15, -0.1) is 0 Å². The highest BCUT2D eigenvalue weighted by Gasteiger charge is 2.18. The van der Waals surface area contributed by atoms with E-state index >= 15 is 0 Å². The van der Waals surface area contributed by atoms with Crippen LogP contribution >= 0.6 is 0 Å². The predicted octanol–water partition coefficient (Wildman–Crippen LogP) is 1.73. The molecule has 2 heterocycles. The summed E-state index contributed by atoms with van der Waals surface area (Å²) in [7, 11) is 3.91. The SMILES string of the molecule is CN(C)[C@H](CNC(=O)c1cnc2ccccn2c1=O)c1ccccc1. The van der Waals surface area contributed by atoms with Crippen LogP contribution in [0.2, 0.25) is 0 Å². The first kappa shape index (κ1) is 16.9. The predicted molar refractivity (Wildman–Crippen MR) is 96.7 cm³/mol. The number of amides is 1. The first-order valence-electron chi connectivity index (χ1n) is 8.04. The summed E-state index contributed by atoms with van der Waals surface area (Å²) in [6, 6.07) is 15.2. The summed E-state index contributed by atoms with van der Waals surface area (Å²) < 4.78 is 1.37. The molecule has 1 amide bonds. The summed E-state index contributed by atoms with van der Waals surface area (Å²) in [5.41, 5.74) is 1.28. The number of nitrogens with zero attached hydrogens (tertiary/aromatic N) is 3. The van der Waals surface area contributed by atoms with E-state index in [0.717, 1.165) is 5.56 Å². The van der Waals surface area contributed by atoms with Gasteiger partial charge in [-0.05, 0) is 31.8 Å². The molecule has 3 rings (SSSR count). The molecule has 0 fully saturated rings. The maximum Gasteiger partial charge on any atom is 0.270 e. The van der Waals surface area contributed by atoms with E-state index in [1.807, 2.05) is 49.3 Å². The van der Waals surface area contributed by atoms with E-state index in [-0.39, 0.29) is 17.2 Å². The highest BCUT2D eigenvalue weighted by molar-refractivity contribution is 5.93. The molecule has 0 aliphatic rings. The first-order chi connectivity index (χ1) is 12.1. The lowest BCUT2D eigenvalue weighted by molar-refractivity contribution is 0.0940. The molecule has 0 aliphatic carbocycles. The van der Waals surface area contributed by atoms with Crippen molar-refractivity contribution in [2.24, 2.45) is 0 Å². The van der Waals surface area contributed by atoms with E-state index in [1.54, 1.807) is 24.4 Å². The third-order valence-corrected chi connectivity index (χ3v) is 4.12. The second kappa shape index (κ2) is 7.27. The van der Waals surface area contributed by atoms with Crippen LogP contribution in [0.15, 0.2) is 65.7 Å². The summed E-state index contributed by atoms with van der Waals surface area (Å²) in [5.74, 6) is -0.418. The Morgan fingerprint density at radius 1 is 1.16 bits per heavy atom. The third kappa shape index (κ3) is 3.59. The molecule has 0 bridgehead atoms. The highest BCUT2D eigenvalue weighted by Crippen LogP contribution is 2.16. The lowest BCUT2D eigenvalue weighted by Gasteiger charge is -2.25. The molecule has 25 heavy (non-hydrogen) atoms. The molecule has 6 nitrogen and oxygen atoms in total. The fourth-order valence-electron chi connectivity index (χ4n) is 2.74. The first-order valence-corrected chi connectivity index (χ1v) is 8.04. The van der Waals surface area contributed by atoms with Crippen LogP contribution in [0.4, 0.5) is 0 Å². The molecule has 0 unspecified atom stereocenters. The second-order valence-electron chi connectivity index (χ2n) is 6.01. The van der Waals surface area contributed by atoms with Gasteiger partial charge in [-0.3, -0.25) is 14.0 Å². The average Bonchev–Trinajstić information content (AvgIpc) is 2.63. The summed E-state index contributed by atoms with van der Waals surface area (Å²) in [5, 5.41) is 2.85. The van der Waals surface area contributed by atoms with Gasteiger partial charge in [0.25, 0.3) is 11.5 Å². The number of aromatic nitrogens is 2. The van der Waals surface area contributed by atoms with Gasteiger partial charge in [-0.25, -0.2) is 4.98 Å². The van der Waals surface area contributed by atoms with E-state index in [2.05, 4.69) is 10.3 Å². The summed E-state index contributed by atoms with van der Waals surface area (Å²) in [6.07, 6.45) is 2.94. The topological polar surface area (TPSA) is 66.7 Å². The van der Waals surface area contributed by atoms with E-state index in [9.17, 15) is 9.59 Å². The molecule has 3 aromatic rings. The Balaban J connectivity index is 1.80. The highest BCUT2D eigenvalue weighted by atomic mass is 16.2. The molecule has 0 saturated heterocycles.